The molecule has 0 fully saturated rings. The van der Waals surface area contributed by atoms with E-state index in [4.69, 9.17) is 14.3 Å². The third-order valence-electron chi connectivity index (χ3n) is 4.62. The van der Waals surface area contributed by atoms with Gasteiger partial charge in [0.15, 0.2) is 17.3 Å². The summed E-state index contributed by atoms with van der Waals surface area (Å²) in [7, 11) is -2.46. The largest absolute Gasteiger partial charge is 0.494 e. The summed E-state index contributed by atoms with van der Waals surface area (Å²) in [5, 5.41) is 18.3. The SMILES string of the molecule is CCCSc1nnc(-c2cc(-c3ccc(OC)c(F)c3)n(-c3ccc(S(N)(=O)=O)cc3)n2)o1. The lowest BCUT2D eigenvalue weighted by atomic mass is 10.1. The molecular formula is C21H20FN5O4S2. The minimum atomic E-state index is -3.85. The van der Waals surface area contributed by atoms with Crippen LogP contribution < -0.4 is 9.88 Å². The summed E-state index contributed by atoms with van der Waals surface area (Å²) in [4.78, 5) is -0.0369. The zero-order valence-corrected chi connectivity index (χ0v) is 19.4. The molecule has 4 aromatic rings. The van der Waals surface area contributed by atoms with Crippen LogP contribution in [-0.2, 0) is 10.0 Å². The lowest BCUT2D eigenvalue weighted by molar-refractivity contribution is 0.386. The average molecular weight is 490 g/mol. The average Bonchev–Trinajstić information content (AvgIpc) is 3.44. The minimum absolute atomic E-state index is 0.0369. The van der Waals surface area contributed by atoms with Gasteiger partial charge in [-0.15, -0.1) is 10.2 Å². The molecule has 12 heteroatoms. The molecule has 2 aromatic carbocycles. The fourth-order valence-corrected chi connectivity index (χ4v) is 4.18. The van der Waals surface area contributed by atoms with Gasteiger partial charge in [0, 0.05) is 11.3 Å². The van der Waals surface area contributed by atoms with Crippen molar-refractivity contribution in [2.75, 3.05) is 12.9 Å². The van der Waals surface area contributed by atoms with E-state index in [0.717, 1.165) is 12.2 Å². The van der Waals surface area contributed by atoms with Gasteiger partial charge in [-0.1, -0.05) is 18.7 Å². The Balaban J connectivity index is 1.81. The third-order valence-corrected chi connectivity index (χ3v) is 6.58. The van der Waals surface area contributed by atoms with Crippen molar-refractivity contribution in [2.24, 2.45) is 5.14 Å². The molecule has 0 radical (unpaired) electrons. The number of sulfonamides is 1. The van der Waals surface area contributed by atoms with Gasteiger partial charge in [0.2, 0.25) is 10.0 Å². The lowest BCUT2D eigenvalue weighted by Gasteiger charge is -2.09. The van der Waals surface area contributed by atoms with Gasteiger partial charge < -0.3 is 9.15 Å². The molecule has 0 bridgehead atoms. The first-order valence-electron chi connectivity index (χ1n) is 9.84. The number of primary sulfonamides is 1. The van der Waals surface area contributed by atoms with Crippen molar-refractivity contribution in [3.8, 4) is 34.3 Å². The van der Waals surface area contributed by atoms with Gasteiger partial charge in [-0.05, 0) is 55.0 Å². The number of thioether (sulfide) groups is 1. The van der Waals surface area contributed by atoms with Crippen molar-refractivity contribution in [3.05, 3.63) is 54.3 Å². The Morgan fingerprint density at radius 1 is 1.15 bits per heavy atom. The number of nitrogens with two attached hydrogens (primary N) is 1. The number of rotatable bonds is 8. The van der Waals surface area contributed by atoms with Crippen LogP contribution in [0.2, 0.25) is 0 Å². The number of aromatic nitrogens is 4. The highest BCUT2D eigenvalue weighted by molar-refractivity contribution is 7.99. The highest BCUT2D eigenvalue weighted by atomic mass is 32.2. The van der Waals surface area contributed by atoms with E-state index >= 15 is 0 Å². The van der Waals surface area contributed by atoms with E-state index in [-0.39, 0.29) is 16.5 Å². The zero-order chi connectivity index (χ0) is 23.6. The molecule has 0 amide bonds. The molecule has 2 heterocycles. The number of nitrogens with zero attached hydrogens (tertiary/aromatic N) is 4. The van der Waals surface area contributed by atoms with Crippen LogP contribution in [0.1, 0.15) is 13.3 Å². The van der Waals surface area contributed by atoms with Crippen LogP contribution in [0.4, 0.5) is 4.39 Å². The smallest absolute Gasteiger partial charge is 0.276 e. The second-order valence-electron chi connectivity index (χ2n) is 6.94. The standard InChI is InChI=1S/C21H20FN5O4S2/c1-3-10-32-21-25-24-20(31-21)17-12-18(13-4-9-19(30-2)16(22)11-13)27(26-17)14-5-7-15(8-6-14)33(23,28)29/h4-9,11-12H,3,10H2,1-2H3,(H2,23,28,29). The Labute approximate surface area is 193 Å². The maximum atomic E-state index is 14.4. The van der Waals surface area contributed by atoms with Crippen molar-refractivity contribution in [2.45, 2.75) is 23.5 Å². The van der Waals surface area contributed by atoms with Crippen LogP contribution in [0.5, 0.6) is 5.75 Å². The topological polar surface area (TPSA) is 126 Å². The molecule has 0 aliphatic carbocycles. The molecule has 2 N–H and O–H groups in total. The van der Waals surface area contributed by atoms with Gasteiger partial charge in [0.1, 0.15) is 0 Å². The summed E-state index contributed by atoms with van der Waals surface area (Å²) < 4.78 is 49.9. The fraction of sp³-hybridized carbons (Fsp3) is 0.190. The van der Waals surface area contributed by atoms with Crippen molar-refractivity contribution in [1.29, 1.82) is 0 Å². The Kier molecular flexibility index (Phi) is 6.49. The van der Waals surface area contributed by atoms with E-state index in [1.165, 1.54) is 47.8 Å². The molecule has 2 aromatic heterocycles. The van der Waals surface area contributed by atoms with Crippen LogP contribution in [-0.4, -0.2) is 41.3 Å². The number of halogens is 1. The summed E-state index contributed by atoms with van der Waals surface area (Å²) in [6.07, 6.45) is 0.957. The van der Waals surface area contributed by atoms with Crippen molar-refractivity contribution in [3.63, 3.8) is 0 Å². The Morgan fingerprint density at radius 2 is 1.91 bits per heavy atom. The highest BCUT2D eigenvalue weighted by Gasteiger charge is 2.19. The number of benzene rings is 2. The molecule has 4 rings (SSSR count). The second-order valence-corrected chi connectivity index (χ2v) is 9.54. The molecule has 172 valence electrons. The van der Waals surface area contributed by atoms with Gasteiger partial charge in [0.05, 0.1) is 23.4 Å². The third kappa shape index (κ3) is 4.92. The summed E-state index contributed by atoms with van der Waals surface area (Å²) >= 11 is 1.44. The number of methoxy groups -OCH3 is 1. The summed E-state index contributed by atoms with van der Waals surface area (Å²) in [5.74, 6) is 0.619. The zero-order valence-electron chi connectivity index (χ0n) is 17.7. The Hall–Kier alpha value is -3.22. The molecule has 0 spiro atoms. The predicted octanol–water partition coefficient (Wildman–Crippen LogP) is 3.89. The first kappa shape index (κ1) is 23.0. The number of hydrogen-bond acceptors (Lipinski definition) is 8. The molecule has 0 unspecified atom stereocenters. The highest BCUT2D eigenvalue weighted by Crippen LogP contribution is 2.32. The maximum absolute atomic E-state index is 14.4. The van der Waals surface area contributed by atoms with Gasteiger partial charge in [-0.3, -0.25) is 0 Å². The van der Waals surface area contributed by atoms with Crippen LogP contribution in [0.25, 0.3) is 28.5 Å². The summed E-state index contributed by atoms with van der Waals surface area (Å²) in [5.41, 5.74) is 1.95. The van der Waals surface area contributed by atoms with Crippen molar-refractivity contribution < 1.29 is 22.0 Å². The maximum Gasteiger partial charge on any atom is 0.276 e. The second kappa shape index (κ2) is 9.33. The van der Waals surface area contributed by atoms with Gasteiger partial charge >= 0.3 is 0 Å². The monoisotopic (exact) mass is 489 g/mol. The summed E-state index contributed by atoms with van der Waals surface area (Å²) in [6.45, 7) is 2.05. The van der Waals surface area contributed by atoms with E-state index in [0.29, 0.717) is 27.9 Å². The first-order valence-corrected chi connectivity index (χ1v) is 12.4. The molecule has 33 heavy (non-hydrogen) atoms. The van der Waals surface area contributed by atoms with Gasteiger partial charge in [-0.25, -0.2) is 22.6 Å². The first-order chi connectivity index (χ1) is 15.8. The van der Waals surface area contributed by atoms with Crippen molar-refractivity contribution in [1.82, 2.24) is 20.0 Å². The molecule has 0 aliphatic heterocycles. The molecule has 0 saturated carbocycles. The van der Waals surface area contributed by atoms with Gasteiger partial charge in [-0.2, -0.15) is 5.10 Å². The Bertz CT molecular complexity index is 1380. The normalized spacial score (nSPS) is 11.6. The summed E-state index contributed by atoms with van der Waals surface area (Å²) in [6, 6.07) is 12.1. The van der Waals surface area contributed by atoms with Crippen LogP contribution in [0.3, 0.4) is 0 Å². The van der Waals surface area contributed by atoms with Crippen molar-refractivity contribution >= 4 is 21.8 Å². The van der Waals surface area contributed by atoms with E-state index in [2.05, 4.69) is 15.3 Å². The van der Waals surface area contributed by atoms with Crippen LogP contribution in [0, 0.1) is 5.82 Å². The van der Waals surface area contributed by atoms with Crippen LogP contribution >= 0.6 is 11.8 Å². The lowest BCUT2D eigenvalue weighted by Crippen LogP contribution is -2.12. The molecule has 0 atom stereocenters. The van der Waals surface area contributed by atoms with Crippen LogP contribution in [0.15, 0.2) is 63.1 Å². The van der Waals surface area contributed by atoms with E-state index in [1.807, 2.05) is 6.92 Å². The predicted molar refractivity (Wildman–Crippen MR) is 121 cm³/mol. The molecule has 0 saturated heterocycles. The van der Waals surface area contributed by atoms with E-state index in [9.17, 15) is 12.8 Å². The molecule has 0 aliphatic rings. The Morgan fingerprint density at radius 3 is 2.55 bits per heavy atom. The van der Waals surface area contributed by atoms with E-state index in [1.54, 1.807) is 24.3 Å². The minimum Gasteiger partial charge on any atom is -0.494 e. The number of ether oxygens (including phenoxy) is 1. The quantitative estimate of drug-likeness (QED) is 0.370. The molecular weight excluding hydrogens is 469 g/mol. The fourth-order valence-electron chi connectivity index (χ4n) is 3.05. The molecule has 9 nitrogen and oxygen atoms in total. The van der Waals surface area contributed by atoms with E-state index < -0.39 is 15.8 Å². The van der Waals surface area contributed by atoms with Gasteiger partial charge in [0.25, 0.3) is 11.1 Å². The number of hydrogen-bond donors (Lipinski definition) is 1.